The van der Waals surface area contributed by atoms with Crippen molar-refractivity contribution in [1.82, 2.24) is 0 Å². The topological polar surface area (TPSA) is 78.9 Å². The summed E-state index contributed by atoms with van der Waals surface area (Å²) in [5.41, 5.74) is 0. The summed E-state index contributed by atoms with van der Waals surface area (Å²) in [4.78, 5) is 38.4. The Kier molecular flexibility index (Phi) is 68.5. The van der Waals surface area contributed by atoms with Crippen molar-refractivity contribution in [3.05, 3.63) is 0 Å². The fraction of sp³-hybridized carbons (Fsp3) is 0.959. The predicted molar refractivity (Wildman–Crippen MR) is 349 cm³/mol. The third kappa shape index (κ3) is 67.2. The van der Waals surface area contributed by atoms with Gasteiger partial charge in [-0.25, -0.2) is 0 Å². The molecule has 0 fully saturated rings. The smallest absolute Gasteiger partial charge is 0.306 e. The molecule has 0 aromatic rings. The normalized spacial score (nSPS) is 11.9. The summed E-state index contributed by atoms with van der Waals surface area (Å²) in [6.07, 6.45) is 83.1. The van der Waals surface area contributed by atoms with Crippen LogP contribution in [0.2, 0.25) is 0 Å². The van der Waals surface area contributed by atoms with Crippen molar-refractivity contribution >= 4 is 17.9 Å². The Morgan fingerprint density at radius 1 is 0.200 bits per heavy atom. The molecule has 6 nitrogen and oxygen atoms in total. The zero-order valence-corrected chi connectivity index (χ0v) is 54.9. The van der Waals surface area contributed by atoms with Crippen molar-refractivity contribution in [3.63, 3.8) is 0 Å². The zero-order chi connectivity index (χ0) is 57.8. The molecule has 0 bridgehead atoms. The van der Waals surface area contributed by atoms with Crippen LogP contribution in [0, 0.1) is 0 Å². The molecule has 0 aliphatic rings. The highest BCUT2D eigenvalue weighted by Crippen LogP contribution is 2.20. The van der Waals surface area contributed by atoms with Gasteiger partial charge in [-0.15, -0.1) is 0 Å². The fourth-order valence-corrected chi connectivity index (χ4v) is 11.8. The van der Waals surface area contributed by atoms with E-state index in [1.54, 1.807) is 0 Å². The molecule has 0 aromatic heterocycles. The van der Waals surface area contributed by atoms with Crippen LogP contribution in [0.15, 0.2) is 0 Å². The Bertz CT molecular complexity index is 1200. The Morgan fingerprint density at radius 3 is 0.500 bits per heavy atom. The van der Waals surface area contributed by atoms with Gasteiger partial charge < -0.3 is 14.2 Å². The molecule has 0 aliphatic heterocycles. The molecular weight excluding hydrogens is 985 g/mol. The molecule has 1 unspecified atom stereocenters. The lowest BCUT2D eigenvalue weighted by atomic mass is 10.0. The Hall–Kier alpha value is -1.59. The maximum absolute atomic E-state index is 12.9. The molecule has 1 atom stereocenters. The van der Waals surface area contributed by atoms with Gasteiger partial charge in [0, 0.05) is 19.3 Å². The highest BCUT2D eigenvalue weighted by atomic mass is 16.6. The van der Waals surface area contributed by atoms with E-state index in [0.717, 1.165) is 57.8 Å². The maximum atomic E-state index is 12.9. The van der Waals surface area contributed by atoms with Gasteiger partial charge in [0.05, 0.1) is 0 Å². The van der Waals surface area contributed by atoms with Crippen molar-refractivity contribution in [2.24, 2.45) is 0 Å². The minimum Gasteiger partial charge on any atom is -0.462 e. The van der Waals surface area contributed by atoms with E-state index in [1.807, 2.05) is 0 Å². The molecule has 0 saturated heterocycles. The third-order valence-electron chi connectivity index (χ3n) is 17.4. The van der Waals surface area contributed by atoms with Crippen molar-refractivity contribution in [2.75, 3.05) is 13.2 Å². The van der Waals surface area contributed by atoms with Crippen LogP contribution in [0.5, 0.6) is 0 Å². The van der Waals surface area contributed by atoms with Crippen LogP contribution in [-0.2, 0) is 28.6 Å². The van der Waals surface area contributed by atoms with E-state index in [9.17, 15) is 14.4 Å². The van der Waals surface area contributed by atoms with Gasteiger partial charge in [0.2, 0.25) is 0 Å². The molecular formula is C74H144O6. The van der Waals surface area contributed by atoms with Gasteiger partial charge in [-0.1, -0.05) is 400 Å². The predicted octanol–water partition coefficient (Wildman–Crippen LogP) is 25.4. The van der Waals surface area contributed by atoms with Crippen molar-refractivity contribution in [2.45, 2.75) is 444 Å². The first kappa shape index (κ1) is 78.4. The molecule has 0 aliphatic carbocycles. The number of rotatable bonds is 70. The summed E-state index contributed by atoms with van der Waals surface area (Å²) in [5, 5.41) is 0. The lowest BCUT2D eigenvalue weighted by Gasteiger charge is -2.18. The van der Waals surface area contributed by atoms with Crippen LogP contribution >= 0.6 is 0 Å². The Balaban J connectivity index is 4.05. The van der Waals surface area contributed by atoms with Crippen molar-refractivity contribution < 1.29 is 28.6 Å². The van der Waals surface area contributed by atoms with Gasteiger partial charge in [-0.2, -0.15) is 0 Å². The van der Waals surface area contributed by atoms with Gasteiger partial charge in [0.25, 0.3) is 0 Å². The molecule has 476 valence electrons. The largest absolute Gasteiger partial charge is 0.462 e. The van der Waals surface area contributed by atoms with Crippen LogP contribution in [0.4, 0.5) is 0 Å². The third-order valence-corrected chi connectivity index (χ3v) is 17.4. The van der Waals surface area contributed by atoms with Crippen molar-refractivity contribution in [1.29, 1.82) is 0 Å². The average Bonchev–Trinajstić information content (AvgIpc) is 3.46. The average molecular weight is 1130 g/mol. The molecule has 0 aromatic carbocycles. The summed E-state index contributed by atoms with van der Waals surface area (Å²) in [6, 6.07) is 0. The monoisotopic (exact) mass is 1130 g/mol. The SMILES string of the molecule is CCCCCCCCCCCCCCCCCCCCCCCCCCCCCCCCC(=O)OCC(COC(=O)CCCCCCCCCCCC)OC(=O)CCCCCCCCCCCCCCCCCCCCCCCC. The van der Waals surface area contributed by atoms with Crippen LogP contribution in [0.3, 0.4) is 0 Å². The van der Waals surface area contributed by atoms with Crippen LogP contribution < -0.4 is 0 Å². The molecule has 0 spiro atoms. The number of hydrogen-bond acceptors (Lipinski definition) is 6. The standard InChI is InChI=1S/C74H144O6/c1-4-7-10-13-16-19-22-24-26-28-30-32-34-35-36-37-38-39-40-41-43-44-46-48-50-52-55-58-61-64-67-73(76)79-70-71(69-78-72(75)66-63-60-57-54-21-18-15-12-9-6-3)80-74(77)68-65-62-59-56-53-51-49-47-45-42-33-31-29-27-25-23-20-17-14-11-8-5-2/h71H,4-70H2,1-3H3. The first-order valence-electron chi connectivity index (χ1n) is 37.0. The summed E-state index contributed by atoms with van der Waals surface area (Å²) < 4.78 is 17.0. The molecule has 0 radical (unpaired) electrons. The maximum Gasteiger partial charge on any atom is 0.306 e. The minimum absolute atomic E-state index is 0.0605. The van der Waals surface area contributed by atoms with E-state index in [4.69, 9.17) is 14.2 Å². The van der Waals surface area contributed by atoms with E-state index in [0.29, 0.717) is 19.3 Å². The molecule has 0 N–H and O–H groups in total. The minimum atomic E-state index is -0.763. The van der Waals surface area contributed by atoms with E-state index < -0.39 is 6.10 Å². The van der Waals surface area contributed by atoms with Crippen molar-refractivity contribution in [3.8, 4) is 0 Å². The van der Waals surface area contributed by atoms with Gasteiger partial charge in [-0.05, 0) is 19.3 Å². The summed E-state index contributed by atoms with van der Waals surface area (Å²) in [6.45, 7) is 6.73. The Labute approximate surface area is 501 Å². The fourth-order valence-electron chi connectivity index (χ4n) is 11.8. The van der Waals surface area contributed by atoms with E-state index in [1.165, 1.54) is 340 Å². The van der Waals surface area contributed by atoms with E-state index >= 15 is 0 Å². The number of ether oxygens (including phenoxy) is 3. The second kappa shape index (κ2) is 69.9. The quantitative estimate of drug-likeness (QED) is 0.0343. The molecule has 0 heterocycles. The molecule has 0 saturated carbocycles. The van der Waals surface area contributed by atoms with Gasteiger partial charge in [0.15, 0.2) is 6.10 Å². The highest BCUT2D eigenvalue weighted by molar-refractivity contribution is 5.71. The van der Waals surface area contributed by atoms with Crippen LogP contribution in [0.25, 0.3) is 0 Å². The van der Waals surface area contributed by atoms with Gasteiger partial charge in [-0.3, -0.25) is 14.4 Å². The summed E-state index contributed by atoms with van der Waals surface area (Å²) >= 11 is 0. The second-order valence-electron chi connectivity index (χ2n) is 25.6. The van der Waals surface area contributed by atoms with Crippen LogP contribution in [-0.4, -0.2) is 37.2 Å². The molecule has 80 heavy (non-hydrogen) atoms. The van der Waals surface area contributed by atoms with Crippen LogP contribution in [0.1, 0.15) is 438 Å². The zero-order valence-electron chi connectivity index (χ0n) is 54.9. The van der Waals surface area contributed by atoms with E-state index in [-0.39, 0.29) is 31.1 Å². The summed E-state index contributed by atoms with van der Waals surface area (Å²) in [5.74, 6) is -0.823. The highest BCUT2D eigenvalue weighted by Gasteiger charge is 2.20. The number of unbranched alkanes of at least 4 members (excludes halogenated alkanes) is 59. The number of carbonyl (C=O) groups is 3. The number of carbonyl (C=O) groups excluding carboxylic acids is 3. The lowest BCUT2D eigenvalue weighted by Crippen LogP contribution is -2.30. The molecule has 6 heteroatoms. The first-order chi connectivity index (χ1) is 39.5. The first-order valence-corrected chi connectivity index (χ1v) is 37.0. The lowest BCUT2D eigenvalue weighted by molar-refractivity contribution is -0.167. The second-order valence-corrected chi connectivity index (χ2v) is 25.6. The van der Waals surface area contributed by atoms with E-state index in [2.05, 4.69) is 20.8 Å². The van der Waals surface area contributed by atoms with Gasteiger partial charge in [0.1, 0.15) is 13.2 Å². The number of esters is 3. The molecule has 0 amide bonds. The van der Waals surface area contributed by atoms with Gasteiger partial charge >= 0.3 is 17.9 Å². The summed E-state index contributed by atoms with van der Waals surface area (Å²) in [7, 11) is 0. The Morgan fingerprint density at radius 2 is 0.338 bits per heavy atom. The molecule has 0 rings (SSSR count). The number of hydrogen-bond donors (Lipinski definition) is 0.